The van der Waals surface area contributed by atoms with Crippen LogP contribution in [0, 0.1) is 0 Å². The summed E-state index contributed by atoms with van der Waals surface area (Å²) in [6.45, 7) is 2.95. The van der Waals surface area contributed by atoms with Crippen molar-refractivity contribution in [1.29, 1.82) is 0 Å². The molecular formula is C8H8BrN3. The smallest absolute Gasteiger partial charge is 0.0855 e. The fourth-order valence-electron chi connectivity index (χ4n) is 1.24. The van der Waals surface area contributed by atoms with E-state index in [1.165, 1.54) is 0 Å². The van der Waals surface area contributed by atoms with Gasteiger partial charge in [0.25, 0.3) is 0 Å². The highest BCUT2D eigenvalue weighted by atomic mass is 79.9. The number of rotatable bonds is 1. The maximum Gasteiger partial charge on any atom is 0.0855 e. The Morgan fingerprint density at radius 1 is 1.42 bits per heavy atom. The molecule has 0 radical (unpaired) electrons. The quantitative estimate of drug-likeness (QED) is 0.746. The van der Waals surface area contributed by atoms with Crippen LogP contribution in [-0.2, 0) is 6.54 Å². The van der Waals surface area contributed by atoms with Gasteiger partial charge in [0.05, 0.1) is 16.2 Å². The third-order valence-corrected chi connectivity index (χ3v) is 2.38. The van der Waals surface area contributed by atoms with E-state index in [2.05, 4.69) is 32.9 Å². The Hall–Kier alpha value is -0.900. The van der Waals surface area contributed by atoms with Crippen LogP contribution in [0.4, 0.5) is 0 Å². The molecule has 0 aliphatic rings. The van der Waals surface area contributed by atoms with Gasteiger partial charge in [-0.05, 0) is 22.9 Å². The third kappa shape index (κ3) is 1.03. The first-order valence-electron chi connectivity index (χ1n) is 3.78. The van der Waals surface area contributed by atoms with Crippen LogP contribution in [0.25, 0.3) is 10.9 Å². The lowest BCUT2D eigenvalue weighted by molar-refractivity contribution is 0.683. The molecule has 3 nitrogen and oxygen atoms in total. The first-order valence-corrected chi connectivity index (χ1v) is 4.57. The third-order valence-electron chi connectivity index (χ3n) is 1.80. The van der Waals surface area contributed by atoms with Crippen LogP contribution in [-0.4, -0.2) is 14.8 Å². The van der Waals surface area contributed by atoms with E-state index in [4.69, 9.17) is 0 Å². The molecule has 0 N–H and O–H groups in total. The Labute approximate surface area is 78.5 Å². The molecule has 0 atom stereocenters. The minimum Gasteiger partial charge on any atom is -0.264 e. The van der Waals surface area contributed by atoms with Gasteiger partial charge >= 0.3 is 0 Å². The summed E-state index contributed by atoms with van der Waals surface area (Å²) in [5.41, 5.74) is 1.12. The molecule has 0 saturated carbocycles. The fourth-order valence-corrected chi connectivity index (χ4v) is 1.79. The Morgan fingerprint density at radius 3 is 3.00 bits per heavy atom. The highest BCUT2D eigenvalue weighted by Gasteiger charge is 2.03. The summed E-state index contributed by atoms with van der Waals surface area (Å²) >= 11 is 3.44. The van der Waals surface area contributed by atoms with Crippen LogP contribution in [0.3, 0.4) is 0 Å². The molecular weight excluding hydrogens is 218 g/mol. The predicted octanol–water partition coefficient (Wildman–Crippen LogP) is 2.21. The van der Waals surface area contributed by atoms with Crippen molar-refractivity contribution < 1.29 is 0 Å². The highest BCUT2D eigenvalue weighted by Crippen LogP contribution is 2.21. The standard InChI is InChI=1S/C8H8BrN3/c1-2-12-8-6(4-11-12)3-10-5-7(8)9/h3-5H,2H2,1H3. The van der Waals surface area contributed by atoms with Crippen LogP contribution in [0.15, 0.2) is 23.1 Å². The molecule has 0 aliphatic carbocycles. The molecule has 12 heavy (non-hydrogen) atoms. The lowest BCUT2D eigenvalue weighted by Crippen LogP contribution is -1.95. The van der Waals surface area contributed by atoms with E-state index in [1.807, 2.05) is 17.1 Å². The Balaban J connectivity index is 2.83. The molecule has 0 amide bonds. The number of nitrogens with zero attached hydrogens (tertiary/aromatic N) is 3. The van der Waals surface area contributed by atoms with Crippen LogP contribution in [0.2, 0.25) is 0 Å². The molecule has 4 heteroatoms. The van der Waals surface area contributed by atoms with Crippen molar-refractivity contribution in [3.05, 3.63) is 23.1 Å². The minimum absolute atomic E-state index is 0.881. The zero-order valence-corrected chi connectivity index (χ0v) is 8.24. The van der Waals surface area contributed by atoms with E-state index in [-0.39, 0.29) is 0 Å². The number of hydrogen-bond acceptors (Lipinski definition) is 2. The molecule has 0 saturated heterocycles. The summed E-state index contributed by atoms with van der Waals surface area (Å²) in [7, 11) is 0. The Morgan fingerprint density at radius 2 is 2.25 bits per heavy atom. The van der Waals surface area contributed by atoms with Gasteiger partial charge in [0.2, 0.25) is 0 Å². The van der Waals surface area contributed by atoms with Gasteiger partial charge in [-0.15, -0.1) is 0 Å². The zero-order chi connectivity index (χ0) is 8.55. The second kappa shape index (κ2) is 2.86. The van der Waals surface area contributed by atoms with E-state index in [0.717, 1.165) is 21.9 Å². The summed E-state index contributed by atoms with van der Waals surface area (Å²) < 4.78 is 2.94. The fraction of sp³-hybridized carbons (Fsp3) is 0.250. The molecule has 2 rings (SSSR count). The van der Waals surface area contributed by atoms with Crippen molar-refractivity contribution in [3.8, 4) is 0 Å². The van der Waals surface area contributed by atoms with E-state index >= 15 is 0 Å². The average molecular weight is 226 g/mol. The Bertz CT molecular complexity index is 408. The van der Waals surface area contributed by atoms with E-state index < -0.39 is 0 Å². The van der Waals surface area contributed by atoms with Crippen LogP contribution < -0.4 is 0 Å². The summed E-state index contributed by atoms with van der Waals surface area (Å²) in [6, 6.07) is 0. The molecule has 2 aromatic heterocycles. The molecule has 0 unspecified atom stereocenters. The van der Waals surface area contributed by atoms with Gasteiger partial charge in [-0.25, -0.2) is 0 Å². The molecule has 0 spiro atoms. The SMILES string of the molecule is CCn1ncc2cncc(Br)c21. The lowest BCUT2D eigenvalue weighted by Gasteiger charge is -1.98. The number of hydrogen-bond donors (Lipinski definition) is 0. The largest absolute Gasteiger partial charge is 0.264 e. The summed E-state index contributed by atoms with van der Waals surface area (Å²) in [4.78, 5) is 4.06. The molecule has 62 valence electrons. The number of fused-ring (bicyclic) bond motifs is 1. The second-order valence-electron chi connectivity index (χ2n) is 2.52. The van der Waals surface area contributed by atoms with Gasteiger partial charge < -0.3 is 0 Å². The maximum atomic E-state index is 4.22. The first kappa shape index (κ1) is 7.73. The van der Waals surface area contributed by atoms with E-state index in [0.29, 0.717) is 0 Å². The van der Waals surface area contributed by atoms with Crippen LogP contribution >= 0.6 is 15.9 Å². The van der Waals surface area contributed by atoms with Gasteiger partial charge in [-0.2, -0.15) is 5.10 Å². The van der Waals surface area contributed by atoms with Crippen molar-refractivity contribution in [2.24, 2.45) is 0 Å². The molecule has 0 bridgehead atoms. The maximum absolute atomic E-state index is 4.22. The molecule has 2 heterocycles. The molecule has 2 aromatic rings. The molecule has 0 aromatic carbocycles. The van der Waals surface area contributed by atoms with E-state index in [9.17, 15) is 0 Å². The Kier molecular flexibility index (Phi) is 1.84. The summed E-state index contributed by atoms with van der Waals surface area (Å²) in [6.07, 6.45) is 5.44. The minimum atomic E-state index is 0.881. The van der Waals surface area contributed by atoms with Gasteiger partial charge in [0.15, 0.2) is 0 Å². The van der Waals surface area contributed by atoms with Gasteiger partial charge in [-0.3, -0.25) is 9.67 Å². The lowest BCUT2D eigenvalue weighted by atomic mass is 10.3. The van der Waals surface area contributed by atoms with Crippen molar-refractivity contribution >= 4 is 26.8 Å². The monoisotopic (exact) mass is 225 g/mol. The topological polar surface area (TPSA) is 30.7 Å². The van der Waals surface area contributed by atoms with Crippen molar-refractivity contribution in [2.75, 3.05) is 0 Å². The van der Waals surface area contributed by atoms with Gasteiger partial charge in [0, 0.05) is 24.3 Å². The van der Waals surface area contributed by atoms with Crippen LogP contribution in [0.1, 0.15) is 6.92 Å². The van der Waals surface area contributed by atoms with Gasteiger partial charge in [-0.1, -0.05) is 0 Å². The predicted molar refractivity (Wildman–Crippen MR) is 50.9 cm³/mol. The number of halogens is 1. The van der Waals surface area contributed by atoms with Crippen LogP contribution in [0.5, 0.6) is 0 Å². The summed E-state index contributed by atoms with van der Waals surface area (Å²) in [5, 5.41) is 5.30. The van der Waals surface area contributed by atoms with E-state index in [1.54, 1.807) is 6.20 Å². The second-order valence-corrected chi connectivity index (χ2v) is 3.37. The number of aromatic nitrogens is 3. The molecule has 0 aliphatic heterocycles. The summed E-state index contributed by atoms with van der Waals surface area (Å²) in [5.74, 6) is 0. The number of pyridine rings is 1. The van der Waals surface area contributed by atoms with Crippen molar-refractivity contribution in [3.63, 3.8) is 0 Å². The molecule has 0 fully saturated rings. The van der Waals surface area contributed by atoms with Crippen molar-refractivity contribution in [1.82, 2.24) is 14.8 Å². The first-order chi connectivity index (χ1) is 5.83. The zero-order valence-electron chi connectivity index (χ0n) is 6.66. The highest BCUT2D eigenvalue weighted by molar-refractivity contribution is 9.10. The number of aryl methyl sites for hydroxylation is 1. The average Bonchev–Trinajstić information content (AvgIpc) is 2.49. The van der Waals surface area contributed by atoms with Gasteiger partial charge in [0.1, 0.15) is 0 Å². The van der Waals surface area contributed by atoms with Crippen molar-refractivity contribution in [2.45, 2.75) is 13.5 Å². The normalized spacial score (nSPS) is 10.8.